The van der Waals surface area contributed by atoms with Gasteiger partial charge in [-0.15, -0.1) is 5.10 Å². The second-order valence-electron chi connectivity index (χ2n) is 3.31. The topological polar surface area (TPSA) is 58.9 Å². The number of allylic oxidation sites excluding steroid dienone is 1. The van der Waals surface area contributed by atoms with E-state index in [4.69, 9.17) is 0 Å². The van der Waals surface area contributed by atoms with Crippen molar-refractivity contribution in [2.75, 3.05) is 0 Å². The van der Waals surface area contributed by atoms with Gasteiger partial charge in [0.1, 0.15) is 5.71 Å². The van der Waals surface area contributed by atoms with Crippen LogP contribution in [0.4, 0.5) is 0 Å². The molecule has 3 rings (SSSR count). The maximum atomic E-state index is 11.8. The molecule has 2 aliphatic heterocycles. The number of rotatable bonds is 0. The molecule has 2 aliphatic rings. The van der Waals surface area contributed by atoms with Crippen molar-refractivity contribution in [2.24, 2.45) is 10.2 Å². The molecule has 0 N–H and O–H groups in total. The largest absolute Gasteiger partial charge is 0.219 e. The molecule has 0 unspecified atom stereocenters. The van der Waals surface area contributed by atoms with Crippen LogP contribution in [0.2, 0.25) is 0 Å². The SMILES string of the molecule is O=S1(=O)C=C2C=NN=C2c2ccccc21. The van der Waals surface area contributed by atoms with E-state index >= 15 is 0 Å². The molecular formula is C10H6N2O2S. The van der Waals surface area contributed by atoms with Crippen LogP contribution < -0.4 is 0 Å². The van der Waals surface area contributed by atoms with Crippen LogP contribution >= 0.6 is 0 Å². The van der Waals surface area contributed by atoms with Crippen LogP contribution in [0.3, 0.4) is 0 Å². The first-order valence-electron chi connectivity index (χ1n) is 4.36. The third kappa shape index (κ3) is 1.10. The van der Waals surface area contributed by atoms with Crippen LogP contribution in [0, 0.1) is 0 Å². The molecule has 74 valence electrons. The van der Waals surface area contributed by atoms with Crippen molar-refractivity contribution in [2.45, 2.75) is 4.90 Å². The molecule has 1 aromatic rings. The number of hydrogen-bond donors (Lipinski definition) is 0. The summed E-state index contributed by atoms with van der Waals surface area (Å²) in [7, 11) is -3.33. The monoisotopic (exact) mass is 218 g/mol. The van der Waals surface area contributed by atoms with E-state index in [2.05, 4.69) is 10.2 Å². The maximum absolute atomic E-state index is 11.8. The van der Waals surface area contributed by atoms with Crippen LogP contribution in [-0.4, -0.2) is 20.3 Å². The standard InChI is InChI=1S/C10H6N2O2S/c13-15(14)6-7-5-11-12-10(7)8-3-1-2-4-9(8)15/h1-6H. The summed E-state index contributed by atoms with van der Waals surface area (Å²) in [5, 5.41) is 8.85. The fourth-order valence-electron chi connectivity index (χ4n) is 1.70. The molecule has 0 saturated carbocycles. The molecule has 0 fully saturated rings. The predicted octanol–water partition coefficient (Wildman–Crippen LogP) is 1.15. The van der Waals surface area contributed by atoms with E-state index in [-0.39, 0.29) is 0 Å². The van der Waals surface area contributed by atoms with Gasteiger partial charge in [0.15, 0.2) is 0 Å². The van der Waals surface area contributed by atoms with Gasteiger partial charge in [0.25, 0.3) is 0 Å². The van der Waals surface area contributed by atoms with Crippen molar-refractivity contribution in [3.05, 3.63) is 40.8 Å². The molecule has 2 heterocycles. The van der Waals surface area contributed by atoms with Crippen LogP contribution in [-0.2, 0) is 9.84 Å². The van der Waals surface area contributed by atoms with Crippen LogP contribution in [0.15, 0.2) is 50.3 Å². The molecule has 0 amide bonds. The molecule has 0 bridgehead atoms. The maximum Gasteiger partial charge on any atom is 0.201 e. The summed E-state index contributed by atoms with van der Waals surface area (Å²) in [4.78, 5) is 0.304. The Morgan fingerprint density at radius 3 is 2.80 bits per heavy atom. The van der Waals surface area contributed by atoms with Gasteiger partial charge in [-0.25, -0.2) is 8.42 Å². The normalized spacial score (nSPS) is 20.3. The minimum atomic E-state index is -3.33. The summed E-state index contributed by atoms with van der Waals surface area (Å²) in [5.74, 6) is 0. The quantitative estimate of drug-likeness (QED) is 0.655. The molecule has 0 radical (unpaired) electrons. The Morgan fingerprint density at radius 2 is 1.93 bits per heavy atom. The third-order valence-electron chi connectivity index (χ3n) is 2.36. The second-order valence-corrected chi connectivity index (χ2v) is 5.07. The number of hydrogen-bond acceptors (Lipinski definition) is 4. The molecule has 0 aliphatic carbocycles. The number of benzene rings is 1. The first kappa shape index (κ1) is 8.55. The van der Waals surface area contributed by atoms with E-state index in [9.17, 15) is 8.42 Å². The van der Waals surface area contributed by atoms with Gasteiger partial charge in [-0.3, -0.25) is 0 Å². The Morgan fingerprint density at radius 1 is 1.13 bits per heavy atom. The van der Waals surface area contributed by atoms with Crippen molar-refractivity contribution in [1.82, 2.24) is 0 Å². The highest BCUT2D eigenvalue weighted by Crippen LogP contribution is 2.28. The van der Waals surface area contributed by atoms with E-state index in [1.807, 2.05) is 0 Å². The highest BCUT2D eigenvalue weighted by molar-refractivity contribution is 7.94. The first-order chi connectivity index (χ1) is 7.18. The van der Waals surface area contributed by atoms with E-state index in [1.54, 1.807) is 24.3 Å². The Balaban J connectivity index is 2.43. The molecule has 15 heavy (non-hydrogen) atoms. The fourth-order valence-corrected chi connectivity index (χ4v) is 3.08. The minimum absolute atomic E-state index is 0.304. The highest BCUT2D eigenvalue weighted by atomic mass is 32.2. The molecule has 5 heteroatoms. The van der Waals surface area contributed by atoms with E-state index in [0.717, 1.165) is 0 Å². The van der Waals surface area contributed by atoms with E-state index in [1.165, 1.54) is 11.6 Å². The smallest absolute Gasteiger partial charge is 0.201 e. The average molecular weight is 218 g/mol. The summed E-state index contributed by atoms with van der Waals surface area (Å²) in [6.45, 7) is 0. The van der Waals surface area contributed by atoms with Gasteiger partial charge in [0, 0.05) is 16.5 Å². The Hall–Kier alpha value is -1.75. The zero-order valence-electron chi connectivity index (χ0n) is 7.58. The number of nitrogens with zero attached hydrogens (tertiary/aromatic N) is 2. The summed E-state index contributed by atoms with van der Waals surface area (Å²) in [6, 6.07) is 6.82. The van der Waals surface area contributed by atoms with Crippen molar-refractivity contribution in [3.63, 3.8) is 0 Å². The number of sulfone groups is 1. The van der Waals surface area contributed by atoms with Crippen molar-refractivity contribution in [3.8, 4) is 0 Å². The van der Waals surface area contributed by atoms with Crippen LogP contribution in [0.25, 0.3) is 0 Å². The predicted molar refractivity (Wildman–Crippen MR) is 56.7 cm³/mol. The third-order valence-corrected chi connectivity index (χ3v) is 3.89. The van der Waals surface area contributed by atoms with Crippen molar-refractivity contribution in [1.29, 1.82) is 0 Å². The van der Waals surface area contributed by atoms with Gasteiger partial charge in [0.2, 0.25) is 9.84 Å². The first-order valence-corrected chi connectivity index (χ1v) is 5.91. The van der Waals surface area contributed by atoms with Gasteiger partial charge < -0.3 is 0 Å². The fraction of sp³-hybridized carbons (Fsp3) is 0. The Bertz CT molecular complexity index is 639. The van der Waals surface area contributed by atoms with Crippen LogP contribution in [0.5, 0.6) is 0 Å². The lowest BCUT2D eigenvalue weighted by Gasteiger charge is -2.13. The molecule has 0 saturated heterocycles. The van der Waals surface area contributed by atoms with Gasteiger partial charge in [0.05, 0.1) is 11.1 Å². The van der Waals surface area contributed by atoms with E-state index in [0.29, 0.717) is 21.7 Å². The zero-order chi connectivity index (χ0) is 10.5. The number of fused-ring (bicyclic) bond motifs is 3. The van der Waals surface area contributed by atoms with Crippen molar-refractivity contribution >= 4 is 21.8 Å². The lowest BCUT2D eigenvalue weighted by atomic mass is 10.0. The van der Waals surface area contributed by atoms with E-state index < -0.39 is 9.84 Å². The van der Waals surface area contributed by atoms with Gasteiger partial charge in [-0.05, 0) is 6.07 Å². The summed E-state index contributed by atoms with van der Waals surface area (Å²) in [5.41, 5.74) is 1.83. The van der Waals surface area contributed by atoms with Gasteiger partial charge in [-0.1, -0.05) is 18.2 Å². The molecule has 0 spiro atoms. The highest BCUT2D eigenvalue weighted by Gasteiger charge is 2.28. The van der Waals surface area contributed by atoms with Gasteiger partial charge >= 0.3 is 0 Å². The molecule has 0 aromatic heterocycles. The van der Waals surface area contributed by atoms with Crippen LogP contribution in [0.1, 0.15) is 5.56 Å². The lowest BCUT2D eigenvalue weighted by molar-refractivity contribution is 0.604. The summed E-state index contributed by atoms with van der Waals surface area (Å²) < 4.78 is 23.6. The Labute approximate surface area is 86.6 Å². The molecular weight excluding hydrogens is 212 g/mol. The zero-order valence-corrected chi connectivity index (χ0v) is 8.40. The van der Waals surface area contributed by atoms with Gasteiger partial charge in [-0.2, -0.15) is 5.10 Å². The molecule has 0 atom stereocenters. The van der Waals surface area contributed by atoms with Crippen molar-refractivity contribution < 1.29 is 8.42 Å². The summed E-state index contributed by atoms with van der Waals surface area (Å²) in [6.07, 6.45) is 1.46. The second kappa shape index (κ2) is 2.64. The Kier molecular flexibility index (Phi) is 1.50. The minimum Gasteiger partial charge on any atom is -0.219 e. The average Bonchev–Trinajstić information content (AvgIpc) is 2.65. The molecule has 4 nitrogen and oxygen atoms in total. The lowest BCUT2D eigenvalue weighted by Crippen LogP contribution is -2.16. The summed E-state index contributed by atoms with van der Waals surface area (Å²) >= 11 is 0. The molecule has 1 aromatic carbocycles.